The number of carbonyl (C=O) groups excluding carboxylic acids is 1. The Kier molecular flexibility index (Phi) is 5.82. The first-order chi connectivity index (χ1) is 9.31. The molecule has 3 N–H and O–H groups in total. The maximum absolute atomic E-state index is 12.2. The minimum absolute atomic E-state index is 0.0402. The SMILES string of the molecule is CCC(N)CC(=O)NCc1ccccc1OC(F)(F)F. The van der Waals surface area contributed by atoms with Gasteiger partial charge in [0.05, 0.1) is 0 Å². The van der Waals surface area contributed by atoms with Gasteiger partial charge in [-0.2, -0.15) is 0 Å². The van der Waals surface area contributed by atoms with Crippen molar-refractivity contribution in [2.45, 2.75) is 38.7 Å². The van der Waals surface area contributed by atoms with Crippen molar-refractivity contribution in [2.24, 2.45) is 5.73 Å². The number of amides is 1. The molecule has 0 aliphatic rings. The third kappa shape index (κ3) is 5.92. The predicted molar refractivity (Wildman–Crippen MR) is 67.9 cm³/mol. The maximum atomic E-state index is 12.2. The van der Waals surface area contributed by atoms with E-state index in [1.165, 1.54) is 18.2 Å². The Morgan fingerprint density at radius 2 is 2.05 bits per heavy atom. The highest BCUT2D eigenvalue weighted by Crippen LogP contribution is 2.26. The van der Waals surface area contributed by atoms with Crippen LogP contribution in [0.3, 0.4) is 0 Å². The van der Waals surface area contributed by atoms with Crippen LogP contribution in [0, 0.1) is 0 Å². The van der Waals surface area contributed by atoms with Crippen LogP contribution < -0.4 is 15.8 Å². The summed E-state index contributed by atoms with van der Waals surface area (Å²) in [7, 11) is 0. The average Bonchev–Trinajstić information content (AvgIpc) is 2.35. The molecule has 4 nitrogen and oxygen atoms in total. The van der Waals surface area contributed by atoms with E-state index in [0.717, 1.165) is 0 Å². The summed E-state index contributed by atoms with van der Waals surface area (Å²) in [5.41, 5.74) is 5.87. The van der Waals surface area contributed by atoms with Crippen LogP contribution in [0.25, 0.3) is 0 Å². The lowest BCUT2D eigenvalue weighted by Gasteiger charge is -2.14. The fourth-order valence-corrected chi connectivity index (χ4v) is 1.52. The van der Waals surface area contributed by atoms with Crippen LogP contribution in [0.5, 0.6) is 5.75 Å². The summed E-state index contributed by atoms with van der Waals surface area (Å²) in [5.74, 6) is -0.624. The molecular formula is C13H17F3N2O2. The van der Waals surface area contributed by atoms with Gasteiger partial charge in [0.1, 0.15) is 5.75 Å². The first-order valence-corrected chi connectivity index (χ1v) is 6.17. The summed E-state index contributed by atoms with van der Waals surface area (Å²) in [4.78, 5) is 11.5. The standard InChI is InChI=1S/C13H17F3N2O2/c1-2-10(17)7-12(19)18-8-9-5-3-4-6-11(9)20-13(14,15)16/h3-6,10H,2,7-8,17H2,1H3,(H,18,19). The molecule has 1 unspecified atom stereocenters. The highest BCUT2D eigenvalue weighted by Gasteiger charge is 2.31. The highest BCUT2D eigenvalue weighted by atomic mass is 19.4. The zero-order valence-corrected chi connectivity index (χ0v) is 11.0. The zero-order chi connectivity index (χ0) is 15.2. The molecule has 0 aliphatic heterocycles. The monoisotopic (exact) mass is 290 g/mol. The molecule has 1 atom stereocenters. The largest absolute Gasteiger partial charge is 0.573 e. The van der Waals surface area contributed by atoms with Crippen molar-refractivity contribution >= 4 is 5.91 Å². The van der Waals surface area contributed by atoms with Crippen molar-refractivity contribution < 1.29 is 22.7 Å². The van der Waals surface area contributed by atoms with Gasteiger partial charge in [0.15, 0.2) is 0 Å². The number of hydrogen-bond acceptors (Lipinski definition) is 3. The van der Waals surface area contributed by atoms with Crippen LogP contribution in [0.15, 0.2) is 24.3 Å². The molecule has 0 bridgehead atoms. The molecule has 0 aromatic heterocycles. The quantitative estimate of drug-likeness (QED) is 0.845. The van der Waals surface area contributed by atoms with Crippen molar-refractivity contribution in [3.05, 3.63) is 29.8 Å². The summed E-state index contributed by atoms with van der Waals surface area (Å²) >= 11 is 0. The van der Waals surface area contributed by atoms with Crippen molar-refractivity contribution in [3.8, 4) is 5.75 Å². The van der Waals surface area contributed by atoms with E-state index in [0.29, 0.717) is 6.42 Å². The minimum atomic E-state index is -4.76. The van der Waals surface area contributed by atoms with Gasteiger partial charge in [0.25, 0.3) is 0 Å². The van der Waals surface area contributed by atoms with Gasteiger partial charge in [0.2, 0.25) is 5.91 Å². The van der Waals surface area contributed by atoms with E-state index in [9.17, 15) is 18.0 Å². The third-order valence-corrected chi connectivity index (χ3v) is 2.65. The van der Waals surface area contributed by atoms with Gasteiger partial charge in [-0.05, 0) is 12.5 Å². The average molecular weight is 290 g/mol. The number of hydrogen-bond donors (Lipinski definition) is 2. The summed E-state index contributed by atoms with van der Waals surface area (Å²) in [6.45, 7) is 1.81. The first-order valence-electron chi connectivity index (χ1n) is 6.17. The fourth-order valence-electron chi connectivity index (χ4n) is 1.52. The normalized spacial score (nSPS) is 12.8. The molecular weight excluding hydrogens is 273 g/mol. The molecule has 0 radical (unpaired) electrons. The van der Waals surface area contributed by atoms with Crippen LogP contribution in [0.2, 0.25) is 0 Å². The van der Waals surface area contributed by atoms with Crippen molar-refractivity contribution in [1.29, 1.82) is 0 Å². The van der Waals surface area contributed by atoms with Crippen molar-refractivity contribution in [2.75, 3.05) is 0 Å². The van der Waals surface area contributed by atoms with Crippen LogP contribution in [-0.4, -0.2) is 18.3 Å². The van der Waals surface area contributed by atoms with Gasteiger partial charge < -0.3 is 15.8 Å². The molecule has 0 saturated carbocycles. The Labute approximate surface area is 115 Å². The van der Waals surface area contributed by atoms with Crippen molar-refractivity contribution in [1.82, 2.24) is 5.32 Å². The van der Waals surface area contributed by atoms with Gasteiger partial charge in [-0.1, -0.05) is 25.1 Å². The van der Waals surface area contributed by atoms with E-state index in [1.807, 2.05) is 6.92 Å². The number of rotatable bonds is 6. The Hall–Kier alpha value is -1.76. The molecule has 0 fully saturated rings. The van der Waals surface area contributed by atoms with Gasteiger partial charge in [-0.3, -0.25) is 4.79 Å². The third-order valence-electron chi connectivity index (χ3n) is 2.65. The summed E-state index contributed by atoms with van der Waals surface area (Å²) in [6.07, 6.45) is -3.97. The topological polar surface area (TPSA) is 64.4 Å². The van der Waals surface area contributed by atoms with Crippen molar-refractivity contribution in [3.63, 3.8) is 0 Å². The molecule has 1 rings (SSSR count). The Morgan fingerprint density at radius 1 is 1.40 bits per heavy atom. The molecule has 7 heteroatoms. The predicted octanol–water partition coefficient (Wildman–Crippen LogP) is 2.33. The van der Waals surface area contributed by atoms with Crippen LogP contribution in [-0.2, 0) is 11.3 Å². The number of nitrogens with two attached hydrogens (primary N) is 1. The fraction of sp³-hybridized carbons (Fsp3) is 0.462. The Bertz CT molecular complexity index is 449. The van der Waals surface area contributed by atoms with Gasteiger partial charge in [-0.15, -0.1) is 13.2 Å². The number of halogens is 3. The first kappa shape index (κ1) is 16.3. The highest BCUT2D eigenvalue weighted by molar-refractivity contribution is 5.76. The molecule has 1 amide bonds. The van der Waals surface area contributed by atoms with Gasteiger partial charge in [0, 0.05) is 24.6 Å². The number of ether oxygens (including phenoxy) is 1. The zero-order valence-electron chi connectivity index (χ0n) is 11.0. The lowest BCUT2D eigenvalue weighted by atomic mass is 10.1. The number of para-hydroxylation sites is 1. The van der Waals surface area contributed by atoms with E-state index in [2.05, 4.69) is 10.1 Å². The molecule has 0 aliphatic carbocycles. The maximum Gasteiger partial charge on any atom is 0.573 e. The van der Waals surface area contributed by atoms with Crippen LogP contribution in [0.4, 0.5) is 13.2 Å². The summed E-state index contributed by atoms with van der Waals surface area (Å²) < 4.78 is 40.5. The number of benzene rings is 1. The number of carbonyl (C=O) groups is 1. The molecule has 0 saturated heterocycles. The molecule has 1 aromatic rings. The Morgan fingerprint density at radius 3 is 2.65 bits per heavy atom. The second kappa shape index (κ2) is 7.14. The lowest BCUT2D eigenvalue weighted by Crippen LogP contribution is -2.31. The van der Waals surface area contributed by atoms with Gasteiger partial charge in [-0.25, -0.2) is 0 Å². The molecule has 1 aromatic carbocycles. The molecule has 20 heavy (non-hydrogen) atoms. The molecule has 0 spiro atoms. The summed E-state index contributed by atoms with van der Waals surface area (Å²) in [6, 6.07) is 5.41. The lowest BCUT2D eigenvalue weighted by molar-refractivity contribution is -0.274. The Balaban J connectivity index is 2.62. The van der Waals surface area contributed by atoms with E-state index < -0.39 is 6.36 Å². The van der Waals surface area contributed by atoms with E-state index in [4.69, 9.17) is 5.73 Å². The smallest absolute Gasteiger partial charge is 0.405 e. The van der Waals surface area contributed by atoms with E-state index in [-0.39, 0.29) is 36.2 Å². The minimum Gasteiger partial charge on any atom is -0.405 e. The van der Waals surface area contributed by atoms with E-state index in [1.54, 1.807) is 6.07 Å². The van der Waals surface area contributed by atoms with Gasteiger partial charge >= 0.3 is 6.36 Å². The van der Waals surface area contributed by atoms with E-state index >= 15 is 0 Å². The molecule has 112 valence electrons. The van der Waals surface area contributed by atoms with Crippen LogP contribution in [0.1, 0.15) is 25.3 Å². The second-order valence-electron chi connectivity index (χ2n) is 4.30. The molecule has 0 heterocycles. The van der Waals surface area contributed by atoms with Crippen LogP contribution >= 0.6 is 0 Å². The number of alkyl halides is 3. The number of nitrogens with one attached hydrogen (secondary N) is 1. The summed E-state index contributed by atoms with van der Waals surface area (Å²) in [5, 5.41) is 2.52. The second-order valence-corrected chi connectivity index (χ2v) is 4.30.